The standard InChI is InChI=1S/C11H25ClN2/c1-3-5-10(13)9(7-8-12)11(14)6-4-2/h9-11H,3-8,13-14H2,1-2H3. The van der Waals surface area contributed by atoms with Gasteiger partial charge in [0.25, 0.3) is 0 Å². The fourth-order valence-corrected chi connectivity index (χ4v) is 2.22. The van der Waals surface area contributed by atoms with E-state index >= 15 is 0 Å². The minimum Gasteiger partial charge on any atom is -0.327 e. The molecule has 0 spiro atoms. The molecule has 0 aromatic rings. The molecule has 0 aromatic heterocycles. The highest BCUT2D eigenvalue weighted by molar-refractivity contribution is 6.17. The van der Waals surface area contributed by atoms with E-state index in [1.807, 2.05) is 0 Å². The van der Waals surface area contributed by atoms with Crippen LogP contribution in [0.25, 0.3) is 0 Å². The fraction of sp³-hybridized carbons (Fsp3) is 1.00. The highest BCUT2D eigenvalue weighted by Crippen LogP contribution is 2.18. The molecule has 0 rings (SSSR count). The third-order valence-corrected chi connectivity index (χ3v) is 3.00. The van der Waals surface area contributed by atoms with Crippen LogP contribution in [0.2, 0.25) is 0 Å². The summed E-state index contributed by atoms with van der Waals surface area (Å²) in [5.41, 5.74) is 12.2. The van der Waals surface area contributed by atoms with Gasteiger partial charge in [0, 0.05) is 18.0 Å². The zero-order valence-corrected chi connectivity index (χ0v) is 10.3. The Morgan fingerprint density at radius 3 is 1.64 bits per heavy atom. The van der Waals surface area contributed by atoms with Gasteiger partial charge in [0.15, 0.2) is 0 Å². The lowest BCUT2D eigenvalue weighted by Crippen LogP contribution is -2.42. The molecule has 0 amide bonds. The van der Waals surface area contributed by atoms with Crippen LogP contribution < -0.4 is 11.5 Å². The molecule has 0 fully saturated rings. The molecule has 2 atom stereocenters. The minimum absolute atomic E-state index is 0.222. The summed E-state index contributed by atoms with van der Waals surface area (Å²) in [5, 5.41) is 0. The van der Waals surface area contributed by atoms with Crippen LogP contribution in [0.1, 0.15) is 46.0 Å². The van der Waals surface area contributed by atoms with E-state index in [1.165, 1.54) is 0 Å². The van der Waals surface area contributed by atoms with Crippen molar-refractivity contribution in [3.05, 3.63) is 0 Å². The van der Waals surface area contributed by atoms with Crippen molar-refractivity contribution in [1.82, 2.24) is 0 Å². The smallest absolute Gasteiger partial charge is 0.0227 e. The Morgan fingerprint density at radius 2 is 1.36 bits per heavy atom. The lowest BCUT2D eigenvalue weighted by Gasteiger charge is -2.28. The maximum absolute atomic E-state index is 6.11. The molecule has 0 bridgehead atoms. The third kappa shape index (κ3) is 5.18. The Bertz CT molecular complexity index is 118. The van der Waals surface area contributed by atoms with Gasteiger partial charge in [-0.25, -0.2) is 0 Å². The lowest BCUT2D eigenvalue weighted by atomic mass is 9.85. The van der Waals surface area contributed by atoms with E-state index in [1.54, 1.807) is 0 Å². The van der Waals surface area contributed by atoms with Crippen LogP contribution in [0.4, 0.5) is 0 Å². The molecule has 14 heavy (non-hydrogen) atoms. The highest BCUT2D eigenvalue weighted by atomic mass is 35.5. The van der Waals surface area contributed by atoms with Gasteiger partial charge in [0.1, 0.15) is 0 Å². The molecule has 86 valence electrons. The fourth-order valence-electron chi connectivity index (χ4n) is 1.97. The van der Waals surface area contributed by atoms with E-state index in [-0.39, 0.29) is 12.1 Å². The van der Waals surface area contributed by atoms with Crippen molar-refractivity contribution in [2.75, 3.05) is 5.88 Å². The Balaban J connectivity index is 4.10. The van der Waals surface area contributed by atoms with E-state index in [0.717, 1.165) is 32.1 Å². The molecule has 0 saturated carbocycles. The molecular weight excluding hydrogens is 196 g/mol. The molecule has 4 N–H and O–H groups in total. The Kier molecular flexibility index (Phi) is 8.64. The van der Waals surface area contributed by atoms with Crippen molar-refractivity contribution in [1.29, 1.82) is 0 Å². The first-order chi connectivity index (χ1) is 6.67. The van der Waals surface area contributed by atoms with Crippen molar-refractivity contribution in [2.24, 2.45) is 17.4 Å². The second kappa shape index (κ2) is 8.51. The highest BCUT2D eigenvalue weighted by Gasteiger charge is 2.22. The first-order valence-corrected chi connectivity index (χ1v) is 6.27. The van der Waals surface area contributed by atoms with Gasteiger partial charge in [-0.2, -0.15) is 0 Å². The van der Waals surface area contributed by atoms with E-state index in [4.69, 9.17) is 23.1 Å². The Hall–Kier alpha value is 0.210. The summed E-state index contributed by atoms with van der Waals surface area (Å²) in [6.07, 6.45) is 5.30. The van der Waals surface area contributed by atoms with Gasteiger partial charge in [-0.1, -0.05) is 26.7 Å². The lowest BCUT2D eigenvalue weighted by molar-refractivity contribution is 0.312. The van der Waals surface area contributed by atoms with Gasteiger partial charge in [-0.05, 0) is 25.2 Å². The van der Waals surface area contributed by atoms with Crippen LogP contribution in [0.15, 0.2) is 0 Å². The summed E-state index contributed by atoms with van der Waals surface area (Å²) >= 11 is 5.77. The van der Waals surface area contributed by atoms with Crippen molar-refractivity contribution < 1.29 is 0 Å². The molecule has 0 aromatic carbocycles. The summed E-state index contributed by atoms with van der Waals surface area (Å²) in [6.45, 7) is 4.31. The van der Waals surface area contributed by atoms with Crippen molar-refractivity contribution in [3.8, 4) is 0 Å². The van der Waals surface area contributed by atoms with Crippen molar-refractivity contribution >= 4 is 11.6 Å². The number of nitrogens with two attached hydrogens (primary N) is 2. The van der Waals surface area contributed by atoms with Gasteiger partial charge in [0.2, 0.25) is 0 Å². The van der Waals surface area contributed by atoms with Crippen molar-refractivity contribution in [2.45, 2.75) is 58.0 Å². The SMILES string of the molecule is CCCC(N)C(CCCl)C(N)CCC. The number of hydrogen-bond donors (Lipinski definition) is 2. The number of rotatable bonds is 8. The first-order valence-electron chi connectivity index (χ1n) is 5.74. The summed E-state index contributed by atoms with van der Waals surface area (Å²) in [6, 6.07) is 0.445. The largest absolute Gasteiger partial charge is 0.327 e. The van der Waals surface area contributed by atoms with Gasteiger partial charge in [0.05, 0.1) is 0 Å². The third-order valence-electron chi connectivity index (χ3n) is 2.79. The van der Waals surface area contributed by atoms with E-state index in [9.17, 15) is 0 Å². The molecular formula is C11H25ClN2. The maximum atomic E-state index is 6.11. The van der Waals surface area contributed by atoms with Crippen LogP contribution in [-0.2, 0) is 0 Å². The molecule has 0 heterocycles. The van der Waals surface area contributed by atoms with Crippen LogP contribution in [0.5, 0.6) is 0 Å². The van der Waals surface area contributed by atoms with E-state index in [2.05, 4.69) is 13.8 Å². The quantitative estimate of drug-likeness (QED) is 0.618. The Morgan fingerprint density at radius 1 is 0.929 bits per heavy atom. The minimum atomic E-state index is 0.222. The maximum Gasteiger partial charge on any atom is 0.0227 e. The molecule has 2 nitrogen and oxygen atoms in total. The predicted molar refractivity (Wildman–Crippen MR) is 64.6 cm³/mol. The molecule has 3 heteroatoms. The first kappa shape index (κ1) is 14.2. The second-order valence-electron chi connectivity index (χ2n) is 4.05. The average molecular weight is 221 g/mol. The molecule has 0 aliphatic heterocycles. The van der Waals surface area contributed by atoms with Crippen LogP contribution in [0.3, 0.4) is 0 Å². The zero-order chi connectivity index (χ0) is 11.0. The Labute approximate surface area is 93.4 Å². The van der Waals surface area contributed by atoms with E-state index in [0.29, 0.717) is 11.8 Å². The molecule has 2 unspecified atom stereocenters. The van der Waals surface area contributed by atoms with Crippen LogP contribution in [-0.4, -0.2) is 18.0 Å². The number of alkyl halides is 1. The summed E-state index contributed by atoms with van der Waals surface area (Å²) in [7, 11) is 0. The average Bonchev–Trinajstić information content (AvgIpc) is 2.14. The predicted octanol–water partition coefficient (Wildman–Crippen LogP) is 2.49. The molecule has 0 aliphatic carbocycles. The topological polar surface area (TPSA) is 52.0 Å². The normalized spacial score (nSPS) is 17.8. The van der Waals surface area contributed by atoms with E-state index < -0.39 is 0 Å². The van der Waals surface area contributed by atoms with Gasteiger partial charge in [-0.3, -0.25) is 0 Å². The van der Waals surface area contributed by atoms with Gasteiger partial charge in [-0.15, -0.1) is 11.6 Å². The summed E-state index contributed by atoms with van der Waals surface area (Å²) in [4.78, 5) is 0. The molecule has 0 aliphatic rings. The van der Waals surface area contributed by atoms with Crippen LogP contribution >= 0.6 is 11.6 Å². The number of halogens is 1. The molecule has 0 radical (unpaired) electrons. The van der Waals surface area contributed by atoms with Crippen molar-refractivity contribution in [3.63, 3.8) is 0 Å². The summed E-state index contributed by atoms with van der Waals surface area (Å²) < 4.78 is 0. The number of hydrogen-bond acceptors (Lipinski definition) is 2. The van der Waals surface area contributed by atoms with Gasteiger partial charge >= 0.3 is 0 Å². The zero-order valence-electron chi connectivity index (χ0n) is 9.51. The monoisotopic (exact) mass is 220 g/mol. The van der Waals surface area contributed by atoms with Gasteiger partial charge < -0.3 is 11.5 Å². The van der Waals surface area contributed by atoms with Crippen LogP contribution in [0, 0.1) is 5.92 Å². The summed E-state index contributed by atoms with van der Waals surface area (Å²) in [5.74, 6) is 1.06. The second-order valence-corrected chi connectivity index (χ2v) is 4.42. The molecule has 0 saturated heterocycles.